The Hall–Kier alpha value is -4.67. The van der Waals surface area contributed by atoms with Crippen LogP contribution in [-0.4, -0.2) is 54.2 Å². The van der Waals surface area contributed by atoms with Crippen LogP contribution in [0.5, 0.6) is 0 Å². The van der Waals surface area contributed by atoms with Gasteiger partial charge in [-0.15, -0.1) is 0 Å². The minimum absolute atomic E-state index is 0.0720. The van der Waals surface area contributed by atoms with E-state index >= 15 is 0 Å². The molecule has 0 atom stereocenters. The van der Waals surface area contributed by atoms with Gasteiger partial charge in [-0.05, 0) is 48.7 Å². The number of hydrogen-bond donors (Lipinski definition) is 3. The molecule has 36 heavy (non-hydrogen) atoms. The van der Waals surface area contributed by atoms with Gasteiger partial charge in [0.2, 0.25) is 0 Å². The second-order valence-electron chi connectivity index (χ2n) is 8.76. The number of aryl methyl sites for hydroxylation is 1. The lowest BCUT2D eigenvalue weighted by Gasteiger charge is -2.32. The number of aromatic carboxylic acids is 1. The fourth-order valence-electron chi connectivity index (χ4n) is 4.63. The first-order valence-corrected chi connectivity index (χ1v) is 11.5. The molecule has 0 saturated carbocycles. The van der Waals surface area contributed by atoms with Crippen LogP contribution in [0, 0.1) is 0 Å². The molecule has 184 valence electrons. The van der Waals surface area contributed by atoms with Gasteiger partial charge in [0.25, 0.3) is 5.56 Å². The molecule has 1 fully saturated rings. The van der Waals surface area contributed by atoms with Gasteiger partial charge in [0.15, 0.2) is 5.65 Å². The van der Waals surface area contributed by atoms with Crippen molar-refractivity contribution in [2.75, 3.05) is 18.4 Å². The highest BCUT2D eigenvalue weighted by Crippen LogP contribution is 2.25. The van der Waals surface area contributed by atoms with E-state index in [-0.39, 0.29) is 28.5 Å². The summed E-state index contributed by atoms with van der Waals surface area (Å²) in [6.07, 6.45) is 4.38. The molecule has 4 heterocycles. The summed E-state index contributed by atoms with van der Waals surface area (Å²) in [6, 6.07) is 11.1. The average Bonchev–Trinajstić information content (AvgIpc) is 3.22. The lowest BCUT2D eigenvalue weighted by Crippen LogP contribution is -2.43. The molecule has 0 spiro atoms. The topological polar surface area (TPSA) is 142 Å². The van der Waals surface area contributed by atoms with Gasteiger partial charge >= 0.3 is 17.7 Å². The lowest BCUT2D eigenvalue weighted by atomic mass is 10.0. The number of imidazole rings is 1. The zero-order valence-electron chi connectivity index (χ0n) is 19.5. The summed E-state index contributed by atoms with van der Waals surface area (Å²) in [5, 5.41) is 12.0. The monoisotopic (exact) mass is 488 g/mol. The number of benzene rings is 1. The van der Waals surface area contributed by atoms with Crippen LogP contribution in [0.3, 0.4) is 0 Å². The van der Waals surface area contributed by atoms with Crippen LogP contribution < -0.4 is 16.6 Å². The maximum atomic E-state index is 13.0. The van der Waals surface area contributed by atoms with Crippen molar-refractivity contribution in [1.29, 1.82) is 0 Å². The Balaban J connectivity index is 1.32. The minimum atomic E-state index is -1.05. The highest BCUT2D eigenvalue weighted by atomic mass is 16.4. The first-order chi connectivity index (χ1) is 17.3. The molecule has 0 unspecified atom stereocenters. The largest absolute Gasteiger partial charge is 0.478 e. The second-order valence-corrected chi connectivity index (χ2v) is 8.76. The zero-order chi connectivity index (χ0) is 25.4. The molecule has 0 aliphatic carbocycles. The molecule has 1 aromatic carbocycles. The lowest BCUT2D eigenvalue weighted by molar-refractivity contribution is 0.0697. The number of carbonyl (C=O) groups excluding carboxylic acids is 1. The van der Waals surface area contributed by atoms with E-state index < -0.39 is 12.0 Å². The second kappa shape index (κ2) is 9.17. The van der Waals surface area contributed by atoms with Crippen LogP contribution in [0.1, 0.15) is 29.2 Å². The summed E-state index contributed by atoms with van der Waals surface area (Å²) >= 11 is 0. The Morgan fingerprint density at radius 1 is 1.08 bits per heavy atom. The van der Waals surface area contributed by atoms with E-state index in [0.29, 0.717) is 42.7 Å². The summed E-state index contributed by atoms with van der Waals surface area (Å²) in [5.41, 5.74) is 2.10. The van der Waals surface area contributed by atoms with Crippen LogP contribution in [0.25, 0.3) is 22.3 Å². The number of H-pyrrole nitrogens is 1. The average molecular weight is 489 g/mol. The fraction of sp³-hybridized carbons (Fsp3) is 0.240. The summed E-state index contributed by atoms with van der Waals surface area (Å²) in [7, 11) is 1.57. The van der Waals surface area contributed by atoms with Crippen molar-refractivity contribution in [1.82, 2.24) is 24.0 Å². The van der Waals surface area contributed by atoms with E-state index in [2.05, 4.69) is 15.3 Å². The third kappa shape index (κ3) is 4.26. The summed E-state index contributed by atoms with van der Waals surface area (Å²) in [4.78, 5) is 58.1. The van der Waals surface area contributed by atoms with Crippen LogP contribution in [0.2, 0.25) is 0 Å². The molecule has 4 aromatic rings. The first-order valence-electron chi connectivity index (χ1n) is 11.5. The Morgan fingerprint density at radius 3 is 2.61 bits per heavy atom. The smallest absolute Gasteiger partial charge is 0.335 e. The fourth-order valence-corrected chi connectivity index (χ4v) is 4.63. The molecule has 5 rings (SSSR count). The normalized spacial score (nSPS) is 14.2. The van der Waals surface area contributed by atoms with Gasteiger partial charge in [0, 0.05) is 44.1 Å². The van der Waals surface area contributed by atoms with Crippen LogP contribution in [0.15, 0.2) is 64.4 Å². The molecule has 0 radical (unpaired) electrons. The van der Waals surface area contributed by atoms with E-state index in [4.69, 9.17) is 0 Å². The number of pyridine rings is 2. The van der Waals surface area contributed by atoms with E-state index in [1.54, 1.807) is 53.2 Å². The molecule has 11 heteroatoms. The highest BCUT2D eigenvalue weighted by molar-refractivity contribution is 5.91. The number of anilines is 1. The highest BCUT2D eigenvalue weighted by Gasteiger charge is 2.27. The van der Waals surface area contributed by atoms with Crippen molar-refractivity contribution in [3.63, 3.8) is 0 Å². The predicted molar refractivity (Wildman–Crippen MR) is 133 cm³/mol. The molecule has 1 saturated heterocycles. The number of likely N-dealkylation sites (tertiary alicyclic amines) is 1. The first kappa shape index (κ1) is 23.1. The number of carboxylic acids is 1. The third-order valence-corrected chi connectivity index (χ3v) is 6.47. The van der Waals surface area contributed by atoms with Gasteiger partial charge in [-0.2, -0.15) is 0 Å². The maximum Gasteiger partial charge on any atom is 0.335 e. The molecule has 1 aliphatic rings. The molecule has 1 aliphatic heterocycles. The number of carbonyl (C=O) groups is 2. The molecule has 0 bridgehead atoms. The number of piperidine rings is 1. The van der Waals surface area contributed by atoms with Gasteiger partial charge < -0.3 is 19.9 Å². The number of hydrogen-bond acceptors (Lipinski definition) is 5. The SMILES string of the molecule is Cn1cc(-c2cccc(C(=O)O)c2)cc(NC(=O)N2CCC(n3c(=O)[nH]c4ncccc43)CC2)c1=O. The van der Waals surface area contributed by atoms with Gasteiger partial charge in [-0.25, -0.2) is 19.4 Å². The van der Waals surface area contributed by atoms with Crippen molar-refractivity contribution in [2.45, 2.75) is 18.9 Å². The minimum Gasteiger partial charge on any atom is -0.478 e. The Bertz CT molecular complexity index is 1590. The number of aromatic nitrogens is 4. The van der Waals surface area contributed by atoms with Crippen molar-refractivity contribution in [2.24, 2.45) is 7.05 Å². The number of urea groups is 1. The van der Waals surface area contributed by atoms with E-state index in [1.807, 2.05) is 6.07 Å². The number of amides is 2. The Morgan fingerprint density at radius 2 is 1.86 bits per heavy atom. The molecule has 11 nitrogen and oxygen atoms in total. The van der Waals surface area contributed by atoms with E-state index in [1.165, 1.54) is 16.7 Å². The van der Waals surface area contributed by atoms with Gasteiger partial charge in [0.05, 0.1) is 11.1 Å². The Labute approximate surface area is 204 Å². The van der Waals surface area contributed by atoms with Gasteiger partial charge in [0.1, 0.15) is 5.69 Å². The molecule has 3 aromatic heterocycles. The van der Waals surface area contributed by atoms with Crippen molar-refractivity contribution < 1.29 is 14.7 Å². The van der Waals surface area contributed by atoms with Crippen molar-refractivity contribution in [3.8, 4) is 11.1 Å². The third-order valence-electron chi connectivity index (χ3n) is 6.47. The number of rotatable bonds is 4. The van der Waals surface area contributed by atoms with Gasteiger partial charge in [-0.3, -0.25) is 14.3 Å². The van der Waals surface area contributed by atoms with Crippen LogP contribution in [0.4, 0.5) is 10.5 Å². The standard InChI is InChI=1S/C25H24N6O5/c1-29-14-17(15-4-2-5-16(12-15)23(33)34)13-19(22(29)32)27-24(35)30-10-7-18(8-11-30)31-20-6-3-9-26-21(20)28-25(31)36/h2-6,9,12-14,18H,7-8,10-11H2,1H3,(H,27,35)(H,33,34)(H,26,28,36). The van der Waals surface area contributed by atoms with Crippen LogP contribution >= 0.6 is 0 Å². The quantitative estimate of drug-likeness (QED) is 0.403. The summed E-state index contributed by atoms with van der Waals surface area (Å²) in [6.45, 7) is 0.826. The number of fused-ring (bicyclic) bond motifs is 1. The van der Waals surface area contributed by atoms with E-state index in [9.17, 15) is 24.3 Å². The summed E-state index contributed by atoms with van der Waals surface area (Å²) in [5.74, 6) is -1.05. The van der Waals surface area contributed by atoms with Crippen molar-refractivity contribution in [3.05, 3.63) is 81.3 Å². The van der Waals surface area contributed by atoms with Crippen molar-refractivity contribution >= 4 is 28.9 Å². The molecular formula is C25H24N6O5. The number of carboxylic acid groups (broad SMARTS) is 1. The molecule has 2 amide bonds. The Kier molecular flexibility index (Phi) is 5.88. The van der Waals surface area contributed by atoms with E-state index in [0.717, 1.165) is 5.52 Å². The zero-order valence-corrected chi connectivity index (χ0v) is 19.5. The number of nitrogens with one attached hydrogen (secondary N) is 2. The maximum absolute atomic E-state index is 13.0. The molecule has 3 N–H and O–H groups in total. The molecular weight excluding hydrogens is 464 g/mol. The summed E-state index contributed by atoms with van der Waals surface area (Å²) < 4.78 is 3.05. The van der Waals surface area contributed by atoms with Crippen LogP contribution in [-0.2, 0) is 7.05 Å². The number of aromatic amines is 1. The van der Waals surface area contributed by atoms with Gasteiger partial charge in [-0.1, -0.05) is 12.1 Å². The number of nitrogens with zero attached hydrogens (tertiary/aromatic N) is 4. The predicted octanol–water partition coefficient (Wildman–Crippen LogP) is 2.66.